The third-order valence-electron chi connectivity index (χ3n) is 2.74. The van der Waals surface area contributed by atoms with Crippen LogP contribution in [0, 0.1) is 5.82 Å². The van der Waals surface area contributed by atoms with Gasteiger partial charge in [-0.15, -0.1) is 0 Å². The molecule has 0 atom stereocenters. The van der Waals surface area contributed by atoms with Gasteiger partial charge in [0, 0.05) is 6.42 Å². The third-order valence-corrected chi connectivity index (χ3v) is 2.74. The molecule has 0 heterocycles. The number of carbonyl (C=O) groups excluding carboxylic acids is 1. The van der Waals surface area contributed by atoms with Crippen molar-refractivity contribution in [2.75, 3.05) is 6.61 Å². The van der Waals surface area contributed by atoms with Crippen molar-refractivity contribution < 1.29 is 13.9 Å². The maximum absolute atomic E-state index is 13.1. The van der Waals surface area contributed by atoms with E-state index in [9.17, 15) is 9.18 Å². The van der Waals surface area contributed by atoms with Crippen molar-refractivity contribution in [1.29, 1.82) is 0 Å². The molecule has 98 valence electrons. The number of ether oxygens (including phenoxy) is 1. The van der Waals surface area contributed by atoms with Crippen LogP contribution < -0.4 is 4.74 Å². The predicted molar refractivity (Wildman–Crippen MR) is 72.0 cm³/mol. The van der Waals surface area contributed by atoms with Crippen LogP contribution in [-0.2, 0) is 6.42 Å². The first-order valence-electron chi connectivity index (χ1n) is 6.20. The fourth-order valence-corrected chi connectivity index (χ4v) is 1.91. The molecule has 0 aromatic heterocycles. The smallest absolute Gasteiger partial charge is 0.170 e. The van der Waals surface area contributed by atoms with Crippen LogP contribution >= 0.6 is 0 Å². The lowest BCUT2D eigenvalue weighted by Gasteiger charge is -2.09. The van der Waals surface area contributed by atoms with Gasteiger partial charge in [0.1, 0.15) is 11.6 Å². The largest absolute Gasteiger partial charge is 0.493 e. The average molecular weight is 258 g/mol. The summed E-state index contributed by atoms with van der Waals surface area (Å²) in [6.45, 7) is 2.37. The van der Waals surface area contributed by atoms with E-state index in [1.54, 1.807) is 30.3 Å². The van der Waals surface area contributed by atoms with Crippen LogP contribution in [0.25, 0.3) is 0 Å². The Morgan fingerprint density at radius 1 is 1.16 bits per heavy atom. The Bertz CT molecular complexity index is 578. The van der Waals surface area contributed by atoms with Crippen molar-refractivity contribution in [1.82, 2.24) is 0 Å². The van der Waals surface area contributed by atoms with E-state index in [4.69, 9.17) is 4.74 Å². The van der Waals surface area contributed by atoms with Crippen molar-refractivity contribution in [2.24, 2.45) is 0 Å². The van der Waals surface area contributed by atoms with Crippen molar-refractivity contribution in [3.63, 3.8) is 0 Å². The summed E-state index contributed by atoms with van der Waals surface area (Å²) in [5.74, 6) is 0.171. The van der Waals surface area contributed by atoms with Gasteiger partial charge in [-0.1, -0.05) is 24.3 Å². The lowest BCUT2D eigenvalue weighted by Crippen LogP contribution is -2.07. The predicted octanol–water partition coefficient (Wildman–Crippen LogP) is 3.65. The van der Waals surface area contributed by atoms with Gasteiger partial charge in [-0.25, -0.2) is 4.39 Å². The van der Waals surface area contributed by atoms with Gasteiger partial charge in [0.2, 0.25) is 0 Å². The van der Waals surface area contributed by atoms with Gasteiger partial charge in [0.25, 0.3) is 0 Å². The molecular weight excluding hydrogens is 243 g/mol. The van der Waals surface area contributed by atoms with Crippen molar-refractivity contribution in [3.05, 3.63) is 65.5 Å². The Labute approximate surface area is 111 Å². The number of hydrogen-bond donors (Lipinski definition) is 0. The Morgan fingerprint density at radius 2 is 1.95 bits per heavy atom. The molecule has 0 aliphatic carbocycles. The second-order valence-electron chi connectivity index (χ2n) is 4.16. The average Bonchev–Trinajstić information content (AvgIpc) is 2.39. The summed E-state index contributed by atoms with van der Waals surface area (Å²) in [5.41, 5.74) is 1.20. The Kier molecular flexibility index (Phi) is 4.29. The summed E-state index contributed by atoms with van der Waals surface area (Å²) in [6.07, 6.45) is 0.168. The van der Waals surface area contributed by atoms with E-state index in [0.29, 0.717) is 23.5 Å². The molecule has 0 fully saturated rings. The Balaban J connectivity index is 2.20. The fourth-order valence-electron chi connectivity index (χ4n) is 1.91. The molecule has 2 aromatic rings. The molecule has 0 bridgehead atoms. The second-order valence-corrected chi connectivity index (χ2v) is 4.16. The fraction of sp³-hybridized carbons (Fsp3) is 0.188. The summed E-state index contributed by atoms with van der Waals surface area (Å²) in [7, 11) is 0. The minimum Gasteiger partial charge on any atom is -0.493 e. The second kappa shape index (κ2) is 6.14. The number of hydrogen-bond acceptors (Lipinski definition) is 2. The molecular formula is C16H15FO2. The van der Waals surface area contributed by atoms with Crippen molar-refractivity contribution >= 4 is 5.78 Å². The molecule has 0 unspecified atom stereocenters. The topological polar surface area (TPSA) is 26.3 Å². The molecule has 0 saturated carbocycles. The molecule has 2 rings (SSSR count). The van der Waals surface area contributed by atoms with Gasteiger partial charge in [0.15, 0.2) is 5.78 Å². The van der Waals surface area contributed by atoms with E-state index in [-0.39, 0.29) is 18.0 Å². The molecule has 0 aliphatic rings. The van der Waals surface area contributed by atoms with Gasteiger partial charge >= 0.3 is 0 Å². The molecule has 19 heavy (non-hydrogen) atoms. The summed E-state index contributed by atoms with van der Waals surface area (Å²) in [5, 5.41) is 0. The first-order valence-corrected chi connectivity index (χ1v) is 6.20. The van der Waals surface area contributed by atoms with Crippen LogP contribution in [0.5, 0.6) is 5.75 Å². The maximum atomic E-state index is 13.1. The van der Waals surface area contributed by atoms with Gasteiger partial charge < -0.3 is 4.74 Å². The monoisotopic (exact) mass is 258 g/mol. The van der Waals surface area contributed by atoms with Gasteiger partial charge in [0.05, 0.1) is 12.2 Å². The molecule has 0 saturated heterocycles. The Hall–Kier alpha value is -2.16. The first kappa shape index (κ1) is 13.3. The van der Waals surface area contributed by atoms with Crippen LogP contribution in [0.1, 0.15) is 22.8 Å². The molecule has 0 aliphatic heterocycles. The van der Waals surface area contributed by atoms with Crippen LogP contribution in [0.15, 0.2) is 48.5 Å². The molecule has 2 aromatic carbocycles. The molecule has 0 radical (unpaired) electrons. The van der Waals surface area contributed by atoms with Gasteiger partial charge in [-0.2, -0.15) is 0 Å². The van der Waals surface area contributed by atoms with E-state index in [1.807, 2.05) is 13.0 Å². The van der Waals surface area contributed by atoms with Gasteiger partial charge in [-0.3, -0.25) is 4.79 Å². The zero-order chi connectivity index (χ0) is 13.7. The minimum absolute atomic E-state index is 0.0744. The zero-order valence-corrected chi connectivity index (χ0v) is 10.7. The highest BCUT2D eigenvalue weighted by atomic mass is 19.1. The number of para-hydroxylation sites is 1. The first-order chi connectivity index (χ1) is 9.20. The van der Waals surface area contributed by atoms with Crippen molar-refractivity contribution in [2.45, 2.75) is 13.3 Å². The quantitative estimate of drug-likeness (QED) is 0.765. The van der Waals surface area contributed by atoms with E-state index in [0.717, 1.165) is 0 Å². The zero-order valence-electron chi connectivity index (χ0n) is 10.7. The molecule has 2 nitrogen and oxygen atoms in total. The number of halogens is 1. The van der Waals surface area contributed by atoms with Crippen LogP contribution in [0.2, 0.25) is 0 Å². The highest BCUT2D eigenvalue weighted by Crippen LogP contribution is 2.20. The third kappa shape index (κ3) is 3.41. The van der Waals surface area contributed by atoms with Gasteiger partial charge in [-0.05, 0) is 36.8 Å². The molecule has 0 spiro atoms. The minimum atomic E-state index is -0.330. The molecule has 3 heteroatoms. The number of benzene rings is 2. The van der Waals surface area contributed by atoms with E-state index < -0.39 is 0 Å². The maximum Gasteiger partial charge on any atom is 0.170 e. The summed E-state index contributed by atoms with van der Waals surface area (Å²) < 4.78 is 18.5. The highest BCUT2D eigenvalue weighted by molar-refractivity contribution is 5.99. The summed E-state index contributed by atoms with van der Waals surface area (Å²) in [4.78, 5) is 12.2. The van der Waals surface area contributed by atoms with E-state index >= 15 is 0 Å². The van der Waals surface area contributed by atoms with Crippen LogP contribution in [0.4, 0.5) is 4.39 Å². The SMILES string of the molecule is CCOc1ccccc1C(=O)Cc1cccc(F)c1. The molecule has 0 amide bonds. The number of Topliss-reactive ketones (excluding diaryl/α,β-unsaturated/α-hetero) is 1. The van der Waals surface area contributed by atoms with Crippen molar-refractivity contribution in [3.8, 4) is 5.75 Å². The highest BCUT2D eigenvalue weighted by Gasteiger charge is 2.12. The van der Waals surface area contributed by atoms with Crippen LogP contribution in [0.3, 0.4) is 0 Å². The Morgan fingerprint density at radius 3 is 2.68 bits per heavy atom. The number of rotatable bonds is 5. The van der Waals surface area contributed by atoms with Crippen LogP contribution in [-0.4, -0.2) is 12.4 Å². The standard InChI is InChI=1S/C16H15FO2/c1-2-19-16-9-4-3-8-14(16)15(18)11-12-6-5-7-13(17)10-12/h3-10H,2,11H2,1H3. The molecule has 0 N–H and O–H groups in total. The number of ketones is 1. The lowest BCUT2D eigenvalue weighted by atomic mass is 10.0. The van der Waals surface area contributed by atoms with E-state index in [2.05, 4.69) is 0 Å². The normalized spacial score (nSPS) is 10.2. The lowest BCUT2D eigenvalue weighted by molar-refractivity contribution is 0.0989. The summed E-state index contributed by atoms with van der Waals surface area (Å²) >= 11 is 0. The van der Waals surface area contributed by atoms with E-state index in [1.165, 1.54) is 12.1 Å². The number of carbonyl (C=O) groups is 1. The summed E-state index contributed by atoms with van der Waals surface area (Å²) in [6, 6.07) is 13.2.